The molecule has 1 amide bonds. The molecule has 0 radical (unpaired) electrons. The molecule has 0 aliphatic heterocycles. The first-order valence-electron chi connectivity index (χ1n) is 6.65. The summed E-state index contributed by atoms with van der Waals surface area (Å²) >= 11 is 1.30. The molecule has 0 spiro atoms. The van der Waals surface area contributed by atoms with Gasteiger partial charge in [-0.3, -0.25) is 4.79 Å². The van der Waals surface area contributed by atoms with Crippen molar-refractivity contribution in [1.29, 1.82) is 0 Å². The Bertz CT molecular complexity index is 752. The van der Waals surface area contributed by atoms with Crippen LogP contribution in [0.1, 0.15) is 20.2 Å². The van der Waals surface area contributed by atoms with Crippen molar-refractivity contribution in [3.63, 3.8) is 0 Å². The van der Waals surface area contributed by atoms with Crippen molar-refractivity contribution < 1.29 is 13.2 Å². The van der Waals surface area contributed by atoms with Crippen molar-refractivity contribution in [1.82, 2.24) is 15.0 Å². The van der Waals surface area contributed by atoms with Crippen LogP contribution in [0.3, 0.4) is 0 Å². The maximum atomic E-state index is 12.0. The van der Waals surface area contributed by atoms with Gasteiger partial charge in [-0.25, -0.2) is 18.1 Å². The number of thiazole rings is 1. The minimum Gasteiger partial charge on any atom is -0.350 e. The second kappa shape index (κ2) is 6.99. The Morgan fingerprint density at radius 2 is 1.86 bits per heavy atom. The summed E-state index contributed by atoms with van der Waals surface area (Å²) in [6.45, 7) is 4.04. The van der Waals surface area contributed by atoms with Crippen molar-refractivity contribution in [2.24, 2.45) is 0 Å². The number of nitrogens with one attached hydrogen (secondary N) is 2. The zero-order chi connectivity index (χ0) is 16.2. The average molecular weight is 339 g/mol. The lowest BCUT2D eigenvalue weighted by atomic mass is 10.2. The van der Waals surface area contributed by atoms with E-state index in [4.69, 9.17) is 0 Å². The number of aromatic nitrogens is 1. The summed E-state index contributed by atoms with van der Waals surface area (Å²) in [6.07, 6.45) is 1.51. The van der Waals surface area contributed by atoms with Gasteiger partial charge in [0.1, 0.15) is 4.88 Å². The molecule has 0 bridgehead atoms. The molecule has 0 aliphatic carbocycles. The smallest absolute Gasteiger partial charge is 0.263 e. The highest BCUT2D eigenvalue weighted by molar-refractivity contribution is 7.89. The Morgan fingerprint density at radius 1 is 1.18 bits per heavy atom. The maximum absolute atomic E-state index is 12.0. The zero-order valence-corrected chi connectivity index (χ0v) is 13.9. The molecule has 1 aromatic heterocycles. The van der Waals surface area contributed by atoms with Crippen LogP contribution in [0.2, 0.25) is 0 Å². The van der Waals surface area contributed by atoms with E-state index < -0.39 is 10.0 Å². The number of benzene rings is 1. The lowest BCUT2D eigenvalue weighted by Gasteiger charge is -2.07. The lowest BCUT2D eigenvalue weighted by Crippen LogP contribution is -2.34. The molecule has 2 rings (SSSR count). The zero-order valence-electron chi connectivity index (χ0n) is 12.3. The SMILES string of the molecule is Cc1ccc(S(=O)(=O)NCCNC(=O)c2cnc(C)s2)cc1. The van der Waals surface area contributed by atoms with Crippen LogP contribution in [0.4, 0.5) is 0 Å². The second-order valence-electron chi connectivity index (χ2n) is 4.71. The van der Waals surface area contributed by atoms with E-state index in [2.05, 4.69) is 15.0 Å². The summed E-state index contributed by atoms with van der Waals surface area (Å²) in [6, 6.07) is 6.58. The monoisotopic (exact) mass is 339 g/mol. The highest BCUT2D eigenvalue weighted by Crippen LogP contribution is 2.11. The van der Waals surface area contributed by atoms with Crippen LogP contribution in [0, 0.1) is 13.8 Å². The lowest BCUT2D eigenvalue weighted by molar-refractivity contribution is 0.0958. The molecule has 0 saturated heterocycles. The van der Waals surface area contributed by atoms with E-state index >= 15 is 0 Å². The number of carbonyl (C=O) groups excluding carboxylic acids is 1. The van der Waals surface area contributed by atoms with Crippen molar-refractivity contribution in [2.75, 3.05) is 13.1 Å². The molecule has 1 heterocycles. The number of nitrogens with zero attached hydrogens (tertiary/aromatic N) is 1. The fourth-order valence-corrected chi connectivity index (χ4v) is 3.44. The topological polar surface area (TPSA) is 88.2 Å². The van der Waals surface area contributed by atoms with Gasteiger partial charge in [0.25, 0.3) is 5.91 Å². The molecule has 6 nitrogen and oxygen atoms in total. The van der Waals surface area contributed by atoms with Gasteiger partial charge >= 0.3 is 0 Å². The Labute approximate surface area is 133 Å². The fourth-order valence-electron chi connectivity index (χ4n) is 1.72. The van der Waals surface area contributed by atoms with Gasteiger partial charge < -0.3 is 5.32 Å². The minimum absolute atomic E-state index is 0.125. The molecule has 0 aliphatic rings. The van der Waals surface area contributed by atoms with E-state index in [1.54, 1.807) is 24.3 Å². The first kappa shape index (κ1) is 16.6. The van der Waals surface area contributed by atoms with Gasteiger partial charge in [-0.05, 0) is 26.0 Å². The normalized spacial score (nSPS) is 11.4. The molecule has 8 heteroatoms. The van der Waals surface area contributed by atoms with E-state index in [0.29, 0.717) is 4.88 Å². The second-order valence-corrected chi connectivity index (χ2v) is 7.71. The van der Waals surface area contributed by atoms with Gasteiger partial charge in [0.05, 0.1) is 16.1 Å². The van der Waals surface area contributed by atoms with Crippen molar-refractivity contribution >= 4 is 27.3 Å². The largest absolute Gasteiger partial charge is 0.350 e. The Balaban J connectivity index is 1.83. The molecule has 2 N–H and O–H groups in total. The molecule has 0 unspecified atom stereocenters. The highest BCUT2D eigenvalue weighted by Gasteiger charge is 2.13. The summed E-state index contributed by atoms with van der Waals surface area (Å²) < 4.78 is 26.5. The molecule has 0 saturated carbocycles. The summed E-state index contributed by atoms with van der Waals surface area (Å²) in [4.78, 5) is 16.5. The molecule has 0 fully saturated rings. The van der Waals surface area contributed by atoms with Gasteiger partial charge in [-0.2, -0.15) is 0 Å². The van der Waals surface area contributed by atoms with Crippen molar-refractivity contribution in [2.45, 2.75) is 18.7 Å². The van der Waals surface area contributed by atoms with E-state index in [9.17, 15) is 13.2 Å². The maximum Gasteiger partial charge on any atom is 0.263 e. The predicted molar refractivity (Wildman–Crippen MR) is 85.6 cm³/mol. The van der Waals surface area contributed by atoms with E-state index in [1.807, 2.05) is 13.8 Å². The van der Waals surface area contributed by atoms with Gasteiger partial charge in [-0.15, -0.1) is 11.3 Å². The van der Waals surface area contributed by atoms with Crippen LogP contribution >= 0.6 is 11.3 Å². The molecule has 22 heavy (non-hydrogen) atoms. The van der Waals surface area contributed by atoms with Gasteiger partial charge in [0.2, 0.25) is 10.0 Å². The quantitative estimate of drug-likeness (QED) is 0.780. The van der Waals surface area contributed by atoms with E-state index in [1.165, 1.54) is 17.5 Å². The molecule has 1 aromatic carbocycles. The van der Waals surface area contributed by atoms with Crippen molar-refractivity contribution in [3.05, 3.63) is 45.9 Å². The summed E-state index contributed by atoms with van der Waals surface area (Å²) in [5.41, 5.74) is 0.992. The highest BCUT2D eigenvalue weighted by atomic mass is 32.2. The Kier molecular flexibility index (Phi) is 5.28. The number of hydrogen-bond donors (Lipinski definition) is 2. The number of rotatable bonds is 6. The molecule has 118 valence electrons. The Hall–Kier alpha value is -1.77. The Morgan fingerprint density at radius 3 is 2.45 bits per heavy atom. The number of sulfonamides is 1. The molecular weight excluding hydrogens is 322 g/mol. The van der Waals surface area contributed by atoms with Gasteiger partial charge in [-0.1, -0.05) is 17.7 Å². The number of carbonyl (C=O) groups is 1. The number of amides is 1. The molecule has 0 atom stereocenters. The van der Waals surface area contributed by atoms with Gasteiger partial charge in [0.15, 0.2) is 0 Å². The van der Waals surface area contributed by atoms with E-state index in [-0.39, 0.29) is 23.9 Å². The van der Waals surface area contributed by atoms with Crippen LogP contribution in [-0.4, -0.2) is 32.4 Å². The summed E-state index contributed by atoms with van der Waals surface area (Å²) in [5.74, 6) is -0.250. The number of hydrogen-bond acceptors (Lipinski definition) is 5. The molecular formula is C14H17N3O3S2. The first-order valence-corrected chi connectivity index (χ1v) is 8.95. The van der Waals surface area contributed by atoms with Crippen LogP contribution < -0.4 is 10.0 Å². The third-order valence-corrected chi connectivity index (χ3v) is 5.27. The van der Waals surface area contributed by atoms with E-state index in [0.717, 1.165) is 10.6 Å². The minimum atomic E-state index is -3.55. The van der Waals surface area contributed by atoms with Crippen molar-refractivity contribution in [3.8, 4) is 0 Å². The van der Waals surface area contributed by atoms with Crippen LogP contribution in [-0.2, 0) is 10.0 Å². The number of aryl methyl sites for hydroxylation is 2. The molecule has 2 aromatic rings. The standard InChI is InChI=1S/C14H17N3O3S2/c1-10-3-5-12(6-4-10)22(19,20)17-8-7-15-14(18)13-9-16-11(2)21-13/h3-6,9,17H,7-8H2,1-2H3,(H,15,18). The average Bonchev–Trinajstić information content (AvgIpc) is 2.90. The predicted octanol–water partition coefficient (Wildman–Crippen LogP) is 1.47. The summed E-state index contributed by atoms with van der Waals surface area (Å²) in [5, 5.41) is 3.46. The fraction of sp³-hybridized carbons (Fsp3) is 0.286. The third kappa shape index (κ3) is 4.36. The third-order valence-electron chi connectivity index (χ3n) is 2.88. The van der Waals surface area contributed by atoms with Gasteiger partial charge in [0, 0.05) is 13.1 Å². The summed E-state index contributed by atoms with van der Waals surface area (Å²) in [7, 11) is -3.55. The van der Waals surface area contributed by atoms with Crippen LogP contribution in [0.5, 0.6) is 0 Å². The van der Waals surface area contributed by atoms with Crippen LogP contribution in [0.25, 0.3) is 0 Å². The first-order chi connectivity index (χ1) is 10.4. The van der Waals surface area contributed by atoms with Crippen LogP contribution in [0.15, 0.2) is 35.4 Å².